The number of aliphatic hydroxyl groups excluding tert-OH is 1. The van der Waals surface area contributed by atoms with E-state index in [1.54, 1.807) is 18.7 Å². The van der Waals surface area contributed by atoms with Crippen LogP contribution in [0, 0.1) is 0 Å². The molecule has 2 N–H and O–H groups in total. The van der Waals surface area contributed by atoms with Crippen LogP contribution in [0.5, 0.6) is 0 Å². The van der Waals surface area contributed by atoms with Crippen molar-refractivity contribution < 1.29 is 9.90 Å². The number of aliphatic hydroxyl groups is 1. The van der Waals surface area contributed by atoms with Crippen LogP contribution in [0.25, 0.3) is 0 Å². The Morgan fingerprint density at radius 1 is 1.33 bits per heavy atom. The van der Waals surface area contributed by atoms with E-state index in [1.165, 1.54) is 0 Å². The second-order valence-electron chi connectivity index (χ2n) is 4.64. The summed E-state index contributed by atoms with van der Waals surface area (Å²) in [7, 11) is 0. The maximum absolute atomic E-state index is 11.8. The summed E-state index contributed by atoms with van der Waals surface area (Å²) >= 11 is 1.61. The monoisotopic (exact) mass is 265 g/mol. The molecule has 0 saturated carbocycles. The van der Waals surface area contributed by atoms with Gasteiger partial charge in [0.25, 0.3) is 0 Å². The molecule has 1 aromatic carbocycles. The maximum atomic E-state index is 11.8. The maximum Gasteiger partial charge on any atom is 0.233 e. The molecule has 1 aliphatic rings. The van der Waals surface area contributed by atoms with E-state index in [9.17, 15) is 9.90 Å². The quantitative estimate of drug-likeness (QED) is 0.883. The highest BCUT2D eigenvalue weighted by molar-refractivity contribution is 8.00. The minimum absolute atomic E-state index is 0.0184. The van der Waals surface area contributed by atoms with E-state index in [0.717, 1.165) is 36.3 Å². The molecule has 0 spiro atoms. The molecule has 3 nitrogen and oxygen atoms in total. The molecule has 1 fully saturated rings. The number of thioether (sulfide) groups is 1. The summed E-state index contributed by atoms with van der Waals surface area (Å²) < 4.78 is 0. The van der Waals surface area contributed by atoms with Crippen molar-refractivity contribution >= 4 is 17.7 Å². The van der Waals surface area contributed by atoms with E-state index in [4.69, 9.17) is 0 Å². The van der Waals surface area contributed by atoms with E-state index >= 15 is 0 Å². The van der Waals surface area contributed by atoms with Crippen LogP contribution in [0.2, 0.25) is 0 Å². The largest absolute Gasteiger partial charge is 0.389 e. The molecule has 18 heavy (non-hydrogen) atoms. The van der Waals surface area contributed by atoms with Crippen molar-refractivity contribution in [3.63, 3.8) is 0 Å². The number of hydrogen-bond donors (Lipinski definition) is 2. The first-order valence-electron chi connectivity index (χ1n) is 6.39. The Labute approximate surface area is 112 Å². The van der Waals surface area contributed by atoms with E-state index in [2.05, 4.69) is 5.32 Å². The lowest BCUT2D eigenvalue weighted by molar-refractivity contribution is -0.120. The van der Waals surface area contributed by atoms with Gasteiger partial charge in [0.15, 0.2) is 0 Å². The number of nitrogens with one attached hydrogen (secondary N) is 1. The van der Waals surface area contributed by atoms with Crippen LogP contribution in [-0.2, 0) is 4.79 Å². The Hall–Kier alpha value is -1.00. The predicted molar refractivity (Wildman–Crippen MR) is 73.6 cm³/mol. The van der Waals surface area contributed by atoms with Crippen molar-refractivity contribution in [2.75, 3.05) is 6.54 Å². The van der Waals surface area contributed by atoms with Gasteiger partial charge in [-0.3, -0.25) is 4.79 Å². The molecule has 1 aliphatic heterocycles. The molecule has 1 aromatic rings. The van der Waals surface area contributed by atoms with E-state index in [1.807, 2.05) is 24.3 Å². The molecular weight excluding hydrogens is 246 g/mol. The summed E-state index contributed by atoms with van der Waals surface area (Å²) in [6, 6.07) is 7.79. The van der Waals surface area contributed by atoms with Gasteiger partial charge in [-0.25, -0.2) is 0 Å². The summed E-state index contributed by atoms with van der Waals surface area (Å²) in [6.07, 6.45) is 2.67. The Balaban J connectivity index is 2.01. The van der Waals surface area contributed by atoms with Crippen LogP contribution in [-0.4, -0.2) is 22.8 Å². The molecule has 2 rings (SSSR count). The topological polar surface area (TPSA) is 49.3 Å². The van der Waals surface area contributed by atoms with Gasteiger partial charge in [-0.05, 0) is 37.5 Å². The molecule has 0 aliphatic carbocycles. The third kappa shape index (κ3) is 3.50. The lowest BCUT2D eigenvalue weighted by Crippen LogP contribution is -2.30. The summed E-state index contributed by atoms with van der Waals surface area (Å²) in [4.78, 5) is 12.9. The highest BCUT2D eigenvalue weighted by Gasteiger charge is 2.21. The average molecular weight is 265 g/mol. The van der Waals surface area contributed by atoms with Crippen LogP contribution in [0.1, 0.15) is 37.9 Å². The van der Waals surface area contributed by atoms with Gasteiger partial charge in [0, 0.05) is 11.4 Å². The fourth-order valence-corrected chi connectivity index (χ4v) is 3.11. The molecule has 1 heterocycles. The number of carbonyl (C=O) groups is 1. The lowest BCUT2D eigenvalue weighted by Gasteiger charge is -2.13. The Morgan fingerprint density at radius 3 is 2.72 bits per heavy atom. The standard InChI is InChI=1S/C14H19NO2S/c1-10(16)11-5-7-12(8-6-11)18-13-4-2-3-9-15-14(13)17/h5-8,10,13,16H,2-4,9H2,1H3,(H,15,17)/t10-,13+/m1/s1. The third-order valence-corrected chi connectivity index (χ3v) is 4.40. The molecule has 0 radical (unpaired) electrons. The van der Waals surface area contributed by atoms with Gasteiger partial charge in [-0.1, -0.05) is 18.6 Å². The van der Waals surface area contributed by atoms with Crippen LogP contribution < -0.4 is 5.32 Å². The fraction of sp³-hybridized carbons (Fsp3) is 0.500. The summed E-state index contributed by atoms with van der Waals surface area (Å²) in [5.41, 5.74) is 0.907. The SMILES string of the molecule is C[C@@H](O)c1ccc(S[C@H]2CCCCNC2=O)cc1. The van der Waals surface area contributed by atoms with Gasteiger partial charge in [0.05, 0.1) is 11.4 Å². The smallest absolute Gasteiger partial charge is 0.233 e. The molecule has 1 saturated heterocycles. The third-order valence-electron chi connectivity index (χ3n) is 3.13. The first-order valence-corrected chi connectivity index (χ1v) is 7.27. The summed E-state index contributed by atoms with van der Waals surface area (Å²) in [5, 5.41) is 12.4. The second-order valence-corrected chi connectivity index (χ2v) is 5.91. The van der Waals surface area contributed by atoms with Crippen LogP contribution in [0.4, 0.5) is 0 Å². The summed E-state index contributed by atoms with van der Waals surface area (Å²) in [6.45, 7) is 2.55. The zero-order chi connectivity index (χ0) is 13.0. The number of hydrogen-bond acceptors (Lipinski definition) is 3. The van der Waals surface area contributed by atoms with Gasteiger partial charge >= 0.3 is 0 Å². The summed E-state index contributed by atoms with van der Waals surface area (Å²) in [5.74, 6) is 0.150. The fourth-order valence-electron chi connectivity index (χ4n) is 2.01. The molecule has 98 valence electrons. The molecule has 0 unspecified atom stereocenters. The number of benzene rings is 1. The van der Waals surface area contributed by atoms with Gasteiger partial charge in [0.2, 0.25) is 5.91 Å². The molecule has 2 atom stereocenters. The van der Waals surface area contributed by atoms with E-state index in [-0.39, 0.29) is 11.2 Å². The number of rotatable bonds is 3. The lowest BCUT2D eigenvalue weighted by atomic mass is 10.1. The van der Waals surface area contributed by atoms with Gasteiger partial charge in [0.1, 0.15) is 0 Å². The molecule has 0 bridgehead atoms. The van der Waals surface area contributed by atoms with E-state index < -0.39 is 6.10 Å². The predicted octanol–water partition coefficient (Wildman–Crippen LogP) is 2.50. The minimum Gasteiger partial charge on any atom is -0.389 e. The Bertz CT molecular complexity index is 403. The minimum atomic E-state index is -0.440. The first kappa shape index (κ1) is 13.4. The average Bonchev–Trinajstić information content (AvgIpc) is 2.56. The first-order chi connectivity index (χ1) is 8.66. The highest BCUT2D eigenvalue weighted by Crippen LogP contribution is 2.29. The second kappa shape index (κ2) is 6.25. The Morgan fingerprint density at radius 2 is 2.06 bits per heavy atom. The van der Waals surface area contributed by atoms with Gasteiger partial charge in [-0.2, -0.15) is 0 Å². The highest BCUT2D eigenvalue weighted by atomic mass is 32.2. The number of carbonyl (C=O) groups excluding carboxylic acids is 1. The zero-order valence-electron chi connectivity index (χ0n) is 10.6. The van der Waals surface area contributed by atoms with Crippen molar-refractivity contribution in [3.8, 4) is 0 Å². The van der Waals surface area contributed by atoms with Crippen LogP contribution in [0.3, 0.4) is 0 Å². The van der Waals surface area contributed by atoms with Crippen molar-refractivity contribution in [1.29, 1.82) is 0 Å². The number of amides is 1. The van der Waals surface area contributed by atoms with Gasteiger partial charge < -0.3 is 10.4 Å². The molecule has 0 aromatic heterocycles. The normalized spacial score (nSPS) is 22.1. The zero-order valence-corrected chi connectivity index (χ0v) is 11.4. The van der Waals surface area contributed by atoms with Crippen molar-refractivity contribution in [2.24, 2.45) is 0 Å². The molecular formula is C14H19NO2S. The van der Waals surface area contributed by atoms with Crippen molar-refractivity contribution in [2.45, 2.75) is 42.4 Å². The van der Waals surface area contributed by atoms with Crippen LogP contribution in [0.15, 0.2) is 29.2 Å². The van der Waals surface area contributed by atoms with Gasteiger partial charge in [-0.15, -0.1) is 11.8 Å². The van der Waals surface area contributed by atoms with Crippen LogP contribution >= 0.6 is 11.8 Å². The molecule has 1 amide bonds. The Kier molecular flexibility index (Phi) is 4.66. The van der Waals surface area contributed by atoms with E-state index in [0.29, 0.717) is 0 Å². The molecule has 4 heteroatoms. The van der Waals surface area contributed by atoms with Crippen molar-refractivity contribution in [1.82, 2.24) is 5.32 Å². The van der Waals surface area contributed by atoms with Crippen molar-refractivity contribution in [3.05, 3.63) is 29.8 Å².